The Morgan fingerprint density at radius 1 is 0.301 bits per heavy atom. The van der Waals surface area contributed by atoms with E-state index in [-0.39, 0.29) is 27.1 Å². The molecule has 0 bridgehead atoms. The van der Waals surface area contributed by atoms with Crippen molar-refractivity contribution in [2.24, 2.45) is 0 Å². The van der Waals surface area contributed by atoms with Crippen LogP contribution in [-0.2, 0) is 27.1 Å². The van der Waals surface area contributed by atoms with Crippen LogP contribution < -0.4 is 9.80 Å². The normalized spacial score (nSPS) is 15.2. The average molecular weight is 949 g/mol. The van der Waals surface area contributed by atoms with Gasteiger partial charge >= 0.3 is 0 Å². The Bertz CT molecular complexity index is 3670. The molecular weight excluding hydrogens is 881 g/mol. The van der Waals surface area contributed by atoms with Crippen molar-refractivity contribution in [1.29, 1.82) is 0 Å². The van der Waals surface area contributed by atoms with Gasteiger partial charge in [-0.15, -0.1) is 0 Å². The summed E-state index contributed by atoms with van der Waals surface area (Å²) in [5.74, 6) is 0. The van der Waals surface area contributed by atoms with Gasteiger partial charge in [-0.3, -0.25) is 0 Å². The van der Waals surface area contributed by atoms with E-state index in [4.69, 9.17) is 0 Å². The van der Waals surface area contributed by atoms with Gasteiger partial charge in [0.25, 0.3) is 0 Å². The zero-order valence-corrected chi connectivity index (χ0v) is 44.9. The van der Waals surface area contributed by atoms with Crippen molar-refractivity contribution in [3.8, 4) is 44.5 Å². The summed E-state index contributed by atoms with van der Waals surface area (Å²) in [4.78, 5) is 5.02. The van der Waals surface area contributed by atoms with E-state index in [0.717, 1.165) is 34.0 Å². The minimum absolute atomic E-state index is 0.00628. The van der Waals surface area contributed by atoms with E-state index in [9.17, 15) is 0 Å². The molecule has 362 valence electrons. The number of rotatable bonds is 7. The van der Waals surface area contributed by atoms with Gasteiger partial charge in [-0.05, 0) is 167 Å². The number of para-hydroxylation sites is 2. The minimum atomic E-state index is -0.237. The fourth-order valence-electron chi connectivity index (χ4n) is 13.1. The molecule has 2 nitrogen and oxygen atoms in total. The quantitative estimate of drug-likeness (QED) is 0.157. The van der Waals surface area contributed by atoms with E-state index in [1.807, 2.05) is 0 Å². The Morgan fingerprint density at radius 2 is 0.836 bits per heavy atom. The lowest BCUT2D eigenvalue weighted by Gasteiger charge is -2.34. The van der Waals surface area contributed by atoms with Gasteiger partial charge in [0, 0.05) is 44.7 Å². The average Bonchev–Trinajstić information content (AvgIpc) is 3.87. The van der Waals surface area contributed by atoms with Crippen LogP contribution in [-0.4, -0.2) is 0 Å². The van der Waals surface area contributed by atoms with Crippen LogP contribution in [0.15, 0.2) is 194 Å². The lowest BCUT2D eigenvalue weighted by molar-refractivity contribution is 0.545. The summed E-state index contributed by atoms with van der Waals surface area (Å²) in [5.41, 5.74) is 27.6. The van der Waals surface area contributed by atoms with E-state index in [1.54, 1.807) is 0 Å². The smallest absolute Gasteiger partial charge is 0.0508 e. The first-order valence-corrected chi connectivity index (χ1v) is 26.4. The van der Waals surface area contributed by atoms with Crippen molar-refractivity contribution in [3.05, 3.63) is 239 Å². The highest BCUT2D eigenvalue weighted by Gasteiger charge is 2.42. The fourth-order valence-corrected chi connectivity index (χ4v) is 13.1. The molecule has 0 unspecified atom stereocenters. The first-order chi connectivity index (χ1) is 34.7. The molecule has 3 aliphatic rings. The zero-order chi connectivity index (χ0) is 51.0. The van der Waals surface area contributed by atoms with Crippen molar-refractivity contribution in [2.45, 2.75) is 110 Å². The first-order valence-electron chi connectivity index (χ1n) is 26.4. The fraction of sp³-hybridized carbons (Fsp3) is 0.239. The molecule has 12 rings (SSSR count). The van der Waals surface area contributed by atoms with Gasteiger partial charge in [0.2, 0.25) is 0 Å². The van der Waals surface area contributed by atoms with Crippen LogP contribution in [0.3, 0.4) is 0 Å². The second kappa shape index (κ2) is 16.3. The monoisotopic (exact) mass is 949 g/mol. The molecule has 0 saturated carbocycles. The highest BCUT2D eigenvalue weighted by atomic mass is 15.2. The topological polar surface area (TPSA) is 6.48 Å². The second-order valence-corrected chi connectivity index (χ2v) is 24.7. The van der Waals surface area contributed by atoms with Crippen molar-refractivity contribution < 1.29 is 0 Å². The van der Waals surface area contributed by atoms with Crippen LogP contribution >= 0.6 is 0 Å². The van der Waals surface area contributed by atoms with Crippen LogP contribution in [0.2, 0.25) is 0 Å². The predicted octanol–water partition coefficient (Wildman–Crippen LogP) is 19.8. The standard InChI is InChI=1S/C71H68N2/c1-67(2,3)47-41-58-57-40-45(34-37-61(57)70(9,10)65(58)63(42-47)68(4,5)6)46-38-51(72(48-24-15-13-16-25-48)50-35-36-55-53-28-19-21-31-59(53)69(7,8)62(55)44-50)43-52(39-46)73(49-26-17-14-18-27-49)64-33-23-30-56-54-29-20-22-32-60(54)71(11,12)66(56)64/h13-44H,1-12H3. The SMILES string of the molecule is CC(C)(C)c1cc2c(c(C(C)(C)C)c1)C(C)(C)c1ccc(-c3cc(N(c4ccccc4)c4ccc5c(c4)C(C)(C)c4ccccc4-5)cc(N(c4ccccc4)c4cccc5c4C(C)(C)c4ccccc4-5)c3)cc1-2. The maximum absolute atomic E-state index is 2.53. The Balaban J connectivity index is 1.14. The number of hydrogen-bond acceptors (Lipinski definition) is 2. The predicted molar refractivity (Wildman–Crippen MR) is 311 cm³/mol. The molecule has 3 aliphatic carbocycles. The lowest BCUT2D eigenvalue weighted by atomic mass is 9.71. The molecule has 9 aromatic rings. The van der Waals surface area contributed by atoms with E-state index in [0.29, 0.717) is 0 Å². The van der Waals surface area contributed by atoms with Crippen LogP contribution in [0.1, 0.15) is 128 Å². The highest BCUT2D eigenvalue weighted by molar-refractivity contribution is 5.95. The maximum atomic E-state index is 2.53. The third-order valence-corrected chi connectivity index (χ3v) is 16.8. The zero-order valence-electron chi connectivity index (χ0n) is 44.9. The summed E-state index contributed by atoms with van der Waals surface area (Å²) in [6.45, 7) is 28.6. The number of anilines is 6. The summed E-state index contributed by atoms with van der Waals surface area (Å²) in [7, 11) is 0. The first kappa shape index (κ1) is 46.6. The molecule has 0 spiro atoms. The molecule has 0 aromatic heterocycles. The van der Waals surface area contributed by atoms with E-state index >= 15 is 0 Å². The molecule has 0 fully saturated rings. The molecule has 0 N–H and O–H groups in total. The van der Waals surface area contributed by atoms with Crippen LogP contribution in [0, 0.1) is 0 Å². The van der Waals surface area contributed by atoms with Crippen LogP contribution in [0.4, 0.5) is 34.1 Å². The third kappa shape index (κ3) is 7.27. The molecule has 0 saturated heterocycles. The van der Waals surface area contributed by atoms with Crippen molar-refractivity contribution in [2.75, 3.05) is 9.80 Å². The molecular formula is C71H68N2. The van der Waals surface area contributed by atoms with E-state index in [1.165, 1.54) is 89.1 Å². The van der Waals surface area contributed by atoms with Gasteiger partial charge in [-0.1, -0.05) is 210 Å². The lowest BCUT2D eigenvalue weighted by Crippen LogP contribution is -2.24. The van der Waals surface area contributed by atoms with Gasteiger partial charge in [0.05, 0.1) is 5.69 Å². The minimum Gasteiger partial charge on any atom is -0.310 e. The summed E-state index contributed by atoms with van der Waals surface area (Å²) in [6, 6.07) is 73.7. The molecule has 0 aliphatic heterocycles. The van der Waals surface area contributed by atoms with Gasteiger partial charge in [-0.2, -0.15) is 0 Å². The number of hydrogen-bond donors (Lipinski definition) is 0. The van der Waals surface area contributed by atoms with E-state index < -0.39 is 0 Å². The number of nitrogens with zero attached hydrogens (tertiary/aromatic N) is 2. The van der Waals surface area contributed by atoms with Crippen LogP contribution in [0.25, 0.3) is 44.5 Å². The largest absolute Gasteiger partial charge is 0.310 e. The molecule has 2 heteroatoms. The van der Waals surface area contributed by atoms with Gasteiger partial charge in [0.15, 0.2) is 0 Å². The van der Waals surface area contributed by atoms with Gasteiger partial charge in [-0.25, -0.2) is 0 Å². The Morgan fingerprint density at radius 3 is 1.48 bits per heavy atom. The van der Waals surface area contributed by atoms with Crippen molar-refractivity contribution in [1.82, 2.24) is 0 Å². The molecule has 0 amide bonds. The molecule has 0 radical (unpaired) electrons. The van der Waals surface area contributed by atoms with Crippen molar-refractivity contribution >= 4 is 34.1 Å². The summed E-state index contributed by atoms with van der Waals surface area (Å²) in [5, 5.41) is 0. The molecule has 9 aromatic carbocycles. The third-order valence-electron chi connectivity index (χ3n) is 16.8. The highest BCUT2D eigenvalue weighted by Crippen LogP contribution is 2.58. The summed E-state index contributed by atoms with van der Waals surface area (Å²) in [6.07, 6.45) is 0. The summed E-state index contributed by atoms with van der Waals surface area (Å²) >= 11 is 0. The Hall–Kier alpha value is -7.42. The molecule has 0 heterocycles. The maximum Gasteiger partial charge on any atom is 0.0508 e. The molecule has 73 heavy (non-hydrogen) atoms. The molecule has 0 atom stereocenters. The number of fused-ring (bicyclic) bond motifs is 9. The van der Waals surface area contributed by atoms with E-state index in [2.05, 4.69) is 287 Å². The Labute approximate surface area is 435 Å². The number of benzene rings is 9. The Kier molecular flexibility index (Phi) is 10.4. The van der Waals surface area contributed by atoms with Gasteiger partial charge < -0.3 is 9.80 Å². The summed E-state index contributed by atoms with van der Waals surface area (Å²) < 4.78 is 0. The van der Waals surface area contributed by atoms with Gasteiger partial charge in [0.1, 0.15) is 0 Å². The van der Waals surface area contributed by atoms with Crippen molar-refractivity contribution in [3.63, 3.8) is 0 Å². The second-order valence-electron chi connectivity index (χ2n) is 24.7. The van der Waals surface area contributed by atoms with Crippen LogP contribution in [0.5, 0.6) is 0 Å².